The van der Waals surface area contributed by atoms with Crippen LogP contribution in [0.2, 0.25) is 0 Å². The zero-order valence-electron chi connectivity index (χ0n) is 11.2. The molecule has 0 spiro atoms. The highest BCUT2D eigenvalue weighted by Gasteiger charge is 2.23. The van der Waals surface area contributed by atoms with Crippen LogP contribution in [-0.4, -0.2) is 23.2 Å². The molecule has 2 N–H and O–H groups in total. The number of aliphatic hydroxyl groups is 1. The summed E-state index contributed by atoms with van der Waals surface area (Å²) in [6.45, 7) is 1.96. The number of carbonyl (C=O) groups excluding carboxylic acids is 1. The van der Waals surface area contributed by atoms with Crippen molar-refractivity contribution in [1.29, 1.82) is 0 Å². The van der Waals surface area contributed by atoms with Gasteiger partial charge in [0.25, 0.3) is 5.91 Å². The summed E-state index contributed by atoms with van der Waals surface area (Å²) < 4.78 is 0.999. The van der Waals surface area contributed by atoms with Crippen LogP contribution in [0, 0.1) is 6.92 Å². The lowest BCUT2D eigenvalue weighted by Gasteiger charge is -2.21. The van der Waals surface area contributed by atoms with E-state index in [1.54, 1.807) is 6.07 Å². The van der Waals surface area contributed by atoms with E-state index < -0.39 is 6.10 Å². The minimum absolute atomic E-state index is 0.0958. The van der Waals surface area contributed by atoms with E-state index in [1.165, 1.54) is 0 Å². The average molecular weight is 326 g/mol. The SMILES string of the molecule is Cc1cc(C(=O)NC2CCCCCC2O)ccc1Br. The lowest BCUT2D eigenvalue weighted by atomic mass is 10.0. The van der Waals surface area contributed by atoms with Gasteiger partial charge in [-0.25, -0.2) is 0 Å². The normalized spacial score (nSPS) is 23.7. The third-order valence-corrected chi connectivity index (χ3v) is 4.61. The van der Waals surface area contributed by atoms with Crippen LogP contribution in [0.3, 0.4) is 0 Å². The Balaban J connectivity index is 2.05. The Morgan fingerprint density at radius 2 is 2.05 bits per heavy atom. The molecule has 104 valence electrons. The molecule has 0 bridgehead atoms. The Kier molecular flexibility index (Phi) is 4.99. The molecule has 1 saturated carbocycles. The number of rotatable bonds is 2. The van der Waals surface area contributed by atoms with Gasteiger partial charge >= 0.3 is 0 Å². The zero-order chi connectivity index (χ0) is 13.8. The van der Waals surface area contributed by atoms with Gasteiger partial charge in [0.1, 0.15) is 0 Å². The van der Waals surface area contributed by atoms with Crippen molar-refractivity contribution in [3.63, 3.8) is 0 Å². The summed E-state index contributed by atoms with van der Waals surface area (Å²) in [5.41, 5.74) is 1.69. The maximum Gasteiger partial charge on any atom is 0.251 e. The quantitative estimate of drug-likeness (QED) is 0.820. The molecule has 19 heavy (non-hydrogen) atoms. The minimum atomic E-state index is -0.414. The van der Waals surface area contributed by atoms with E-state index in [2.05, 4.69) is 21.2 Å². The third-order valence-electron chi connectivity index (χ3n) is 3.72. The summed E-state index contributed by atoms with van der Waals surface area (Å²) in [6, 6.07) is 5.44. The van der Waals surface area contributed by atoms with Crippen LogP contribution in [0.5, 0.6) is 0 Å². The largest absolute Gasteiger partial charge is 0.391 e. The predicted octanol–water partition coefficient (Wildman–Crippen LogP) is 3.18. The first-order chi connectivity index (χ1) is 9.08. The van der Waals surface area contributed by atoms with Crippen LogP contribution in [-0.2, 0) is 0 Å². The van der Waals surface area contributed by atoms with Gasteiger partial charge < -0.3 is 10.4 Å². The van der Waals surface area contributed by atoms with Crippen LogP contribution in [0.25, 0.3) is 0 Å². The van der Waals surface area contributed by atoms with Crippen molar-refractivity contribution in [3.8, 4) is 0 Å². The lowest BCUT2D eigenvalue weighted by Crippen LogP contribution is -2.42. The fourth-order valence-electron chi connectivity index (χ4n) is 2.49. The number of hydrogen-bond donors (Lipinski definition) is 2. The molecule has 2 unspecified atom stereocenters. The van der Waals surface area contributed by atoms with Crippen molar-refractivity contribution in [2.45, 2.75) is 51.2 Å². The molecule has 3 nitrogen and oxygen atoms in total. The second-order valence-corrected chi connectivity index (χ2v) is 6.10. The van der Waals surface area contributed by atoms with Crippen molar-refractivity contribution in [2.24, 2.45) is 0 Å². The van der Waals surface area contributed by atoms with E-state index in [-0.39, 0.29) is 11.9 Å². The first kappa shape index (κ1) is 14.5. The molecular weight excluding hydrogens is 306 g/mol. The number of amides is 1. The van der Waals surface area contributed by atoms with Gasteiger partial charge in [0.15, 0.2) is 0 Å². The molecule has 2 rings (SSSR count). The van der Waals surface area contributed by atoms with Crippen LogP contribution in [0.1, 0.15) is 48.0 Å². The second kappa shape index (κ2) is 6.53. The number of aliphatic hydroxyl groups excluding tert-OH is 1. The van der Waals surface area contributed by atoms with Gasteiger partial charge in [-0.15, -0.1) is 0 Å². The lowest BCUT2D eigenvalue weighted by molar-refractivity contribution is 0.0818. The van der Waals surface area contributed by atoms with Gasteiger partial charge in [-0.1, -0.05) is 35.2 Å². The first-order valence-corrected chi connectivity index (χ1v) is 7.62. The summed E-state index contributed by atoms with van der Waals surface area (Å²) in [5, 5.41) is 13.0. The van der Waals surface area contributed by atoms with Crippen molar-refractivity contribution in [3.05, 3.63) is 33.8 Å². The van der Waals surface area contributed by atoms with E-state index in [0.717, 1.165) is 42.1 Å². The Hall–Kier alpha value is -0.870. The molecule has 0 saturated heterocycles. The monoisotopic (exact) mass is 325 g/mol. The molecule has 4 heteroatoms. The van der Waals surface area contributed by atoms with Gasteiger partial charge in [-0.05, 0) is 43.5 Å². The summed E-state index contributed by atoms with van der Waals surface area (Å²) in [5.74, 6) is -0.0958. The maximum atomic E-state index is 12.2. The molecule has 1 fully saturated rings. The van der Waals surface area contributed by atoms with E-state index in [1.807, 2.05) is 19.1 Å². The van der Waals surface area contributed by atoms with Gasteiger partial charge in [0.2, 0.25) is 0 Å². The smallest absolute Gasteiger partial charge is 0.251 e. The van der Waals surface area contributed by atoms with Crippen LogP contribution in [0.4, 0.5) is 0 Å². The number of carbonyl (C=O) groups is 1. The number of halogens is 1. The van der Waals surface area contributed by atoms with E-state index >= 15 is 0 Å². The Morgan fingerprint density at radius 3 is 2.79 bits per heavy atom. The van der Waals surface area contributed by atoms with E-state index in [9.17, 15) is 9.90 Å². The molecule has 1 aromatic carbocycles. The molecule has 1 aliphatic carbocycles. The summed E-state index contributed by atoms with van der Waals surface area (Å²) in [4.78, 5) is 12.2. The molecule has 0 heterocycles. The predicted molar refractivity (Wildman–Crippen MR) is 79.2 cm³/mol. The van der Waals surface area contributed by atoms with Gasteiger partial charge in [-0.2, -0.15) is 0 Å². The van der Waals surface area contributed by atoms with Gasteiger partial charge in [0, 0.05) is 10.0 Å². The van der Waals surface area contributed by atoms with Crippen molar-refractivity contribution < 1.29 is 9.90 Å². The highest BCUT2D eigenvalue weighted by Crippen LogP contribution is 2.20. The topological polar surface area (TPSA) is 49.3 Å². The fraction of sp³-hybridized carbons (Fsp3) is 0.533. The summed E-state index contributed by atoms with van der Waals surface area (Å²) >= 11 is 3.43. The molecule has 1 aromatic rings. The van der Waals surface area contributed by atoms with Crippen LogP contribution >= 0.6 is 15.9 Å². The Labute approximate surface area is 122 Å². The molecule has 0 aromatic heterocycles. The number of nitrogens with one attached hydrogen (secondary N) is 1. The summed E-state index contributed by atoms with van der Waals surface area (Å²) in [7, 11) is 0. The summed E-state index contributed by atoms with van der Waals surface area (Å²) in [6.07, 6.45) is 4.49. The van der Waals surface area contributed by atoms with Gasteiger partial charge in [0.05, 0.1) is 12.1 Å². The number of benzene rings is 1. The standard InChI is InChI=1S/C15H20BrNO2/c1-10-9-11(7-8-12(10)16)15(19)17-13-5-3-2-4-6-14(13)18/h7-9,13-14,18H,2-6H2,1H3,(H,17,19). The van der Waals surface area contributed by atoms with Crippen molar-refractivity contribution in [1.82, 2.24) is 5.32 Å². The van der Waals surface area contributed by atoms with Crippen molar-refractivity contribution in [2.75, 3.05) is 0 Å². The van der Waals surface area contributed by atoms with E-state index in [4.69, 9.17) is 0 Å². The second-order valence-electron chi connectivity index (χ2n) is 5.25. The highest BCUT2D eigenvalue weighted by molar-refractivity contribution is 9.10. The first-order valence-electron chi connectivity index (χ1n) is 6.83. The minimum Gasteiger partial charge on any atom is -0.391 e. The van der Waals surface area contributed by atoms with Crippen LogP contribution < -0.4 is 5.32 Å². The number of hydrogen-bond acceptors (Lipinski definition) is 2. The fourth-order valence-corrected chi connectivity index (χ4v) is 2.74. The molecule has 0 aliphatic heterocycles. The molecular formula is C15H20BrNO2. The molecule has 0 radical (unpaired) electrons. The highest BCUT2D eigenvalue weighted by atomic mass is 79.9. The van der Waals surface area contributed by atoms with Crippen LogP contribution in [0.15, 0.2) is 22.7 Å². The van der Waals surface area contributed by atoms with E-state index in [0.29, 0.717) is 5.56 Å². The third kappa shape index (κ3) is 3.80. The van der Waals surface area contributed by atoms with Crippen molar-refractivity contribution >= 4 is 21.8 Å². The Morgan fingerprint density at radius 1 is 1.32 bits per heavy atom. The molecule has 2 atom stereocenters. The Bertz CT molecular complexity index is 461. The average Bonchev–Trinajstić information content (AvgIpc) is 2.58. The number of aryl methyl sites for hydroxylation is 1. The molecule has 1 amide bonds. The van der Waals surface area contributed by atoms with Gasteiger partial charge in [-0.3, -0.25) is 4.79 Å². The maximum absolute atomic E-state index is 12.2. The zero-order valence-corrected chi connectivity index (χ0v) is 12.7. The molecule has 1 aliphatic rings.